The Kier molecular flexibility index (Phi) is 5.80. The number of methoxy groups -OCH3 is 2. The quantitative estimate of drug-likeness (QED) is 0.435. The van der Waals surface area contributed by atoms with Crippen molar-refractivity contribution in [3.63, 3.8) is 0 Å². The number of nitrogens with zero attached hydrogens (tertiary/aromatic N) is 1. The maximum absolute atomic E-state index is 14.0. The summed E-state index contributed by atoms with van der Waals surface area (Å²) in [4.78, 5) is 41.7. The first-order valence-corrected chi connectivity index (χ1v) is 11.2. The lowest BCUT2D eigenvalue weighted by atomic mass is 9.71. The fraction of sp³-hybridized carbons (Fsp3) is 0.222. The molecule has 184 valence electrons. The molecule has 3 aromatic rings. The summed E-state index contributed by atoms with van der Waals surface area (Å²) in [6.07, 6.45) is 0. The number of rotatable bonds is 5. The van der Waals surface area contributed by atoms with E-state index in [1.54, 1.807) is 24.3 Å². The smallest absolute Gasteiger partial charge is 0.323 e. The number of esters is 1. The molecule has 0 unspecified atom stereocenters. The van der Waals surface area contributed by atoms with Crippen LogP contribution in [0.25, 0.3) is 0 Å². The summed E-state index contributed by atoms with van der Waals surface area (Å²) in [6, 6.07) is 16.0. The third-order valence-corrected chi connectivity index (χ3v) is 6.94. The molecule has 36 heavy (non-hydrogen) atoms. The molecule has 2 aliphatic heterocycles. The number of hydrogen-bond donors (Lipinski definition) is 1. The van der Waals surface area contributed by atoms with Crippen molar-refractivity contribution in [2.75, 3.05) is 19.1 Å². The molecule has 0 saturated carbocycles. The van der Waals surface area contributed by atoms with Gasteiger partial charge >= 0.3 is 5.97 Å². The molecule has 0 spiro atoms. The Morgan fingerprint density at radius 2 is 1.36 bits per heavy atom. The maximum atomic E-state index is 14.0. The number of amides is 2. The van der Waals surface area contributed by atoms with Gasteiger partial charge in [-0.15, -0.1) is 0 Å². The van der Waals surface area contributed by atoms with Crippen LogP contribution in [-0.2, 0) is 24.7 Å². The van der Waals surface area contributed by atoms with E-state index < -0.39 is 52.8 Å². The number of ether oxygens (including phenoxy) is 2. The van der Waals surface area contributed by atoms with E-state index in [4.69, 9.17) is 9.47 Å². The lowest BCUT2D eigenvalue weighted by Gasteiger charge is -2.36. The van der Waals surface area contributed by atoms with Gasteiger partial charge in [0.25, 0.3) is 0 Å². The molecule has 9 heteroatoms. The van der Waals surface area contributed by atoms with Gasteiger partial charge in [0, 0.05) is 0 Å². The second kappa shape index (κ2) is 8.83. The first-order chi connectivity index (χ1) is 17.3. The molecule has 5 rings (SSSR count). The average Bonchev–Trinajstić information content (AvgIpc) is 3.39. The minimum Gasteiger partial charge on any atom is -0.497 e. The molecule has 2 fully saturated rings. The van der Waals surface area contributed by atoms with Crippen molar-refractivity contribution in [1.29, 1.82) is 0 Å². The molecule has 2 amide bonds. The molecule has 2 heterocycles. The number of halogens is 2. The van der Waals surface area contributed by atoms with Crippen LogP contribution in [0.3, 0.4) is 0 Å². The second-order valence-corrected chi connectivity index (χ2v) is 8.68. The number of anilines is 1. The molecule has 0 radical (unpaired) electrons. The van der Waals surface area contributed by atoms with Crippen LogP contribution >= 0.6 is 0 Å². The maximum Gasteiger partial charge on any atom is 0.323 e. The van der Waals surface area contributed by atoms with Crippen molar-refractivity contribution < 1.29 is 32.6 Å². The summed E-state index contributed by atoms with van der Waals surface area (Å²) in [6.45, 7) is 0. The van der Waals surface area contributed by atoms with Gasteiger partial charge in [-0.2, -0.15) is 0 Å². The number of carbonyl (C=O) groups excluding carboxylic acids is 3. The Bertz CT molecular complexity index is 1280. The van der Waals surface area contributed by atoms with Gasteiger partial charge in [-0.3, -0.25) is 19.7 Å². The molecule has 2 aliphatic rings. The van der Waals surface area contributed by atoms with Gasteiger partial charge in [-0.1, -0.05) is 24.3 Å². The van der Waals surface area contributed by atoms with Crippen molar-refractivity contribution >= 4 is 23.5 Å². The molecule has 0 bridgehead atoms. The number of nitrogens with one attached hydrogen (secondary N) is 1. The second-order valence-electron chi connectivity index (χ2n) is 8.68. The Balaban J connectivity index is 1.73. The highest BCUT2D eigenvalue weighted by Gasteiger charge is 2.68. The molecule has 0 aromatic heterocycles. The van der Waals surface area contributed by atoms with Crippen LogP contribution in [0.15, 0.2) is 72.8 Å². The molecule has 1 N–H and O–H groups in total. The zero-order valence-corrected chi connectivity index (χ0v) is 19.4. The molecular weight excluding hydrogens is 470 g/mol. The third kappa shape index (κ3) is 3.46. The average molecular weight is 492 g/mol. The summed E-state index contributed by atoms with van der Waals surface area (Å²) in [5.74, 6) is -4.55. The van der Waals surface area contributed by atoms with Gasteiger partial charge in [-0.05, 0) is 59.7 Å². The normalized spacial score (nSPS) is 22.4. The minimum absolute atomic E-state index is 0.316. The molecule has 2 saturated heterocycles. The number of imide groups is 1. The van der Waals surface area contributed by atoms with Gasteiger partial charge in [0.15, 0.2) is 0 Å². The van der Waals surface area contributed by atoms with Gasteiger partial charge in [0.1, 0.15) is 23.4 Å². The van der Waals surface area contributed by atoms with Crippen LogP contribution in [0.2, 0.25) is 0 Å². The van der Waals surface area contributed by atoms with Crippen molar-refractivity contribution in [1.82, 2.24) is 5.32 Å². The third-order valence-electron chi connectivity index (χ3n) is 6.94. The zero-order valence-electron chi connectivity index (χ0n) is 19.4. The molecule has 0 aliphatic carbocycles. The summed E-state index contributed by atoms with van der Waals surface area (Å²) >= 11 is 0. The van der Waals surface area contributed by atoms with Gasteiger partial charge in [-0.25, -0.2) is 13.7 Å². The molecule has 3 atom stereocenters. The van der Waals surface area contributed by atoms with Crippen molar-refractivity contribution in [2.45, 2.75) is 11.6 Å². The minimum atomic E-state index is -1.45. The molecular formula is C27H22F2N2O5. The summed E-state index contributed by atoms with van der Waals surface area (Å²) < 4.78 is 37.9. The standard InChI is InChI=1S/C27H22F2N2O5/c1-35-20-13-11-19(12-14-20)31-24(32)21-22(25(31)33)27(30-23(21)26(34)36-2,15-3-7-17(28)8-4-15)16-5-9-18(29)10-6-16/h3-14,21-23,30H,1-2H3/t21-,22-,23+/m1/s1. The number of carbonyl (C=O) groups is 3. The van der Waals surface area contributed by atoms with Crippen LogP contribution in [0.4, 0.5) is 14.5 Å². The highest BCUT2D eigenvalue weighted by atomic mass is 19.1. The largest absolute Gasteiger partial charge is 0.497 e. The highest BCUT2D eigenvalue weighted by Crippen LogP contribution is 2.52. The summed E-state index contributed by atoms with van der Waals surface area (Å²) in [5, 5.41) is 3.17. The Morgan fingerprint density at radius 3 is 1.83 bits per heavy atom. The van der Waals surface area contributed by atoms with Crippen LogP contribution < -0.4 is 15.0 Å². The van der Waals surface area contributed by atoms with Crippen molar-refractivity contribution in [2.24, 2.45) is 11.8 Å². The Hall–Kier alpha value is -4.11. The number of fused-ring (bicyclic) bond motifs is 1. The van der Waals surface area contributed by atoms with Gasteiger partial charge in [0.2, 0.25) is 11.8 Å². The van der Waals surface area contributed by atoms with Crippen molar-refractivity contribution in [3.8, 4) is 5.75 Å². The molecule has 3 aromatic carbocycles. The molecule has 7 nitrogen and oxygen atoms in total. The lowest BCUT2D eigenvalue weighted by molar-refractivity contribution is -0.145. The van der Waals surface area contributed by atoms with E-state index in [1.165, 1.54) is 62.8 Å². The van der Waals surface area contributed by atoms with Crippen LogP contribution in [0, 0.1) is 23.5 Å². The fourth-order valence-corrected chi connectivity index (χ4v) is 5.34. The first-order valence-electron chi connectivity index (χ1n) is 11.2. The van der Waals surface area contributed by atoms with Crippen LogP contribution in [0.1, 0.15) is 11.1 Å². The zero-order chi connectivity index (χ0) is 25.6. The van der Waals surface area contributed by atoms with E-state index in [0.29, 0.717) is 22.6 Å². The monoisotopic (exact) mass is 492 g/mol. The van der Waals surface area contributed by atoms with E-state index in [-0.39, 0.29) is 0 Å². The number of benzene rings is 3. The van der Waals surface area contributed by atoms with Crippen molar-refractivity contribution in [3.05, 3.63) is 95.6 Å². The topological polar surface area (TPSA) is 84.9 Å². The van der Waals surface area contributed by atoms with E-state index in [0.717, 1.165) is 4.90 Å². The van der Waals surface area contributed by atoms with Crippen LogP contribution in [0.5, 0.6) is 5.75 Å². The summed E-state index contributed by atoms with van der Waals surface area (Å²) in [5.41, 5.74) is -0.251. The van der Waals surface area contributed by atoms with E-state index in [2.05, 4.69) is 5.32 Å². The SMILES string of the molecule is COC(=O)[C@H]1NC(c2ccc(F)cc2)(c2ccc(F)cc2)[C@H]2C(=O)N(c3ccc(OC)cc3)C(=O)[C@@H]12. The van der Waals surface area contributed by atoms with Crippen LogP contribution in [-0.4, -0.2) is 38.0 Å². The Labute approximate surface area is 205 Å². The predicted octanol–water partition coefficient (Wildman–Crippen LogP) is 3.17. The fourth-order valence-electron chi connectivity index (χ4n) is 5.34. The number of hydrogen-bond acceptors (Lipinski definition) is 6. The predicted molar refractivity (Wildman–Crippen MR) is 125 cm³/mol. The first kappa shape index (κ1) is 23.6. The van der Waals surface area contributed by atoms with E-state index >= 15 is 0 Å². The van der Waals surface area contributed by atoms with Gasteiger partial charge < -0.3 is 9.47 Å². The highest BCUT2D eigenvalue weighted by molar-refractivity contribution is 6.24. The van der Waals surface area contributed by atoms with E-state index in [9.17, 15) is 23.2 Å². The Morgan fingerprint density at radius 1 is 0.833 bits per heavy atom. The lowest BCUT2D eigenvalue weighted by Crippen LogP contribution is -2.52. The van der Waals surface area contributed by atoms with Gasteiger partial charge in [0.05, 0.1) is 37.3 Å². The summed E-state index contributed by atoms with van der Waals surface area (Å²) in [7, 11) is 2.69. The van der Waals surface area contributed by atoms with E-state index in [1.807, 2.05) is 0 Å².